The number of halogens is 2. The highest BCUT2D eigenvalue weighted by atomic mass is 35.5. The van der Waals surface area contributed by atoms with Crippen LogP contribution in [-0.4, -0.2) is 42.0 Å². The summed E-state index contributed by atoms with van der Waals surface area (Å²) in [5.74, 6) is 0.359. The molecule has 0 bridgehead atoms. The number of pyridine rings is 1. The minimum atomic E-state index is -0.817. The molecular formula is C23H22Cl2N2O4S. The SMILES string of the molecule is COc1ccc2cc(COC(=O)C(CCSC)NC(=O)c3ccccc3Cl)c(Cl)nc2c1. The Labute approximate surface area is 200 Å². The number of rotatable bonds is 9. The molecule has 0 saturated carbocycles. The van der Waals surface area contributed by atoms with Gasteiger partial charge in [0.25, 0.3) is 5.91 Å². The number of methoxy groups -OCH3 is 1. The van der Waals surface area contributed by atoms with Crippen LogP contribution in [0.1, 0.15) is 22.3 Å². The lowest BCUT2D eigenvalue weighted by molar-refractivity contribution is -0.147. The van der Waals surface area contributed by atoms with Crippen LogP contribution in [0.25, 0.3) is 10.9 Å². The number of hydrogen-bond donors (Lipinski definition) is 1. The van der Waals surface area contributed by atoms with E-state index in [2.05, 4.69) is 10.3 Å². The predicted octanol–water partition coefficient (Wildman–Crippen LogP) is 5.15. The number of fused-ring (bicyclic) bond motifs is 1. The van der Waals surface area contributed by atoms with Crippen molar-refractivity contribution in [3.8, 4) is 5.75 Å². The first kappa shape index (κ1) is 24.2. The van der Waals surface area contributed by atoms with Crippen LogP contribution in [0.3, 0.4) is 0 Å². The molecule has 0 saturated heterocycles. The molecule has 2 aromatic carbocycles. The topological polar surface area (TPSA) is 77.5 Å². The van der Waals surface area contributed by atoms with Crippen LogP contribution < -0.4 is 10.1 Å². The molecule has 32 heavy (non-hydrogen) atoms. The third kappa shape index (κ3) is 6.06. The number of nitrogens with zero attached hydrogens (tertiary/aromatic N) is 1. The second-order valence-electron chi connectivity index (χ2n) is 6.89. The van der Waals surface area contributed by atoms with Gasteiger partial charge in [-0.25, -0.2) is 9.78 Å². The summed E-state index contributed by atoms with van der Waals surface area (Å²) in [6.45, 7) is -0.0651. The standard InChI is InChI=1S/C23H22Cl2N2O4S/c1-30-16-8-7-14-11-15(21(25)26-20(14)12-16)13-31-23(29)19(9-10-32-2)27-22(28)17-5-3-4-6-18(17)24/h3-8,11-12,19H,9-10,13H2,1-2H3,(H,27,28). The molecule has 0 radical (unpaired) electrons. The van der Waals surface area contributed by atoms with Crippen LogP contribution in [-0.2, 0) is 16.1 Å². The number of benzene rings is 2. The minimum Gasteiger partial charge on any atom is -0.497 e. The van der Waals surface area contributed by atoms with Gasteiger partial charge in [-0.2, -0.15) is 11.8 Å². The van der Waals surface area contributed by atoms with Gasteiger partial charge in [-0.1, -0.05) is 35.3 Å². The van der Waals surface area contributed by atoms with Crippen molar-refractivity contribution in [1.82, 2.24) is 10.3 Å². The molecule has 9 heteroatoms. The van der Waals surface area contributed by atoms with Gasteiger partial charge < -0.3 is 14.8 Å². The smallest absolute Gasteiger partial charge is 0.329 e. The van der Waals surface area contributed by atoms with Crippen molar-refractivity contribution in [3.05, 3.63) is 69.8 Å². The summed E-state index contributed by atoms with van der Waals surface area (Å²) in [7, 11) is 1.58. The Balaban J connectivity index is 1.71. The van der Waals surface area contributed by atoms with E-state index >= 15 is 0 Å². The van der Waals surface area contributed by atoms with Crippen molar-refractivity contribution < 1.29 is 19.1 Å². The molecule has 3 rings (SSSR count). The van der Waals surface area contributed by atoms with Gasteiger partial charge in [-0.15, -0.1) is 0 Å². The number of aromatic nitrogens is 1. The number of esters is 1. The fourth-order valence-corrected chi connectivity index (χ4v) is 3.90. The van der Waals surface area contributed by atoms with Crippen LogP contribution in [0.15, 0.2) is 48.5 Å². The van der Waals surface area contributed by atoms with E-state index in [1.807, 2.05) is 24.5 Å². The molecule has 0 aliphatic heterocycles. The molecule has 1 N–H and O–H groups in total. The van der Waals surface area contributed by atoms with Crippen LogP contribution >= 0.6 is 35.0 Å². The first-order valence-electron chi connectivity index (χ1n) is 9.77. The third-order valence-corrected chi connectivity index (χ3v) is 6.04. The largest absolute Gasteiger partial charge is 0.497 e. The summed E-state index contributed by atoms with van der Waals surface area (Å²) in [5, 5.41) is 4.12. The van der Waals surface area contributed by atoms with Gasteiger partial charge in [-0.05, 0) is 48.8 Å². The fraction of sp³-hybridized carbons (Fsp3) is 0.261. The Kier molecular flexibility index (Phi) is 8.61. The minimum absolute atomic E-state index is 0.0651. The molecule has 0 aliphatic carbocycles. The van der Waals surface area contributed by atoms with E-state index in [0.717, 1.165) is 5.39 Å². The van der Waals surface area contributed by atoms with Crippen LogP contribution in [0, 0.1) is 0 Å². The van der Waals surface area contributed by atoms with Crippen LogP contribution in [0.5, 0.6) is 5.75 Å². The normalized spacial score (nSPS) is 11.8. The molecule has 0 fully saturated rings. The fourth-order valence-electron chi connectivity index (χ4n) is 3.01. The number of ether oxygens (including phenoxy) is 2. The molecule has 1 heterocycles. The van der Waals surface area contributed by atoms with E-state index in [4.69, 9.17) is 32.7 Å². The molecule has 0 aliphatic rings. The van der Waals surface area contributed by atoms with E-state index in [1.165, 1.54) is 0 Å². The third-order valence-electron chi connectivity index (χ3n) is 4.74. The Bertz CT molecular complexity index is 1130. The maximum atomic E-state index is 12.8. The number of hydrogen-bond acceptors (Lipinski definition) is 6. The molecule has 3 aromatic rings. The number of amides is 1. The highest BCUT2D eigenvalue weighted by Gasteiger charge is 2.24. The second kappa shape index (κ2) is 11.4. The molecule has 1 unspecified atom stereocenters. The molecule has 1 amide bonds. The predicted molar refractivity (Wildman–Crippen MR) is 129 cm³/mol. The molecule has 6 nitrogen and oxygen atoms in total. The maximum Gasteiger partial charge on any atom is 0.329 e. The zero-order valence-electron chi connectivity index (χ0n) is 17.6. The maximum absolute atomic E-state index is 12.8. The van der Waals surface area contributed by atoms with Crippen molar-refractivity contribution in [1.29, 1.82) is 0 Å². The van der Waals surface area contributed by atoms with Gasteiger partial charge in [-0.3, -0.25) is 4.79 Å². The zero-order valence-corrected chi connectivity index (χ0v) is 19.9. The summed E-state index contributed by atoms with van der Waals surface area (Å²) in [6.07, 6.45) is 2.34. The van der Waals surface area contributed by atoms with Gasteiger partial charge in [0.2, 0.25) is 0 Å². The van der Waals surface area contributed by atoms with Crippen molar-refractivity contribution in [2.24, 2.45) is 0 Å². The van der Waals surface area contributed by atoms with Crippen molar-refractivity contribution in [3.63, 3.8) is 0 Å². The molecular weight excluding hydrogens is 471 g/mol. The van der Waals surface area contributed by atoms with E-state index in [9.17, 15) is 9.59 Å². The van der Waals surface area contributed by atoms with Crippen molar-refractivity contribution in [2.75, 3.05) is 19.1 Å². The monoisotopic (exact) mass is 492 g/mol. The summed E-state index contributed by atoms with van der Waals surface area (Å²) in [5.41, 5.74) is 1.54. The average Bonchev–Trinajstić information content (AvgIpc) is 2.79. The van der Waals surface area contributed by atoms with Gasteiger partial charge in [0, 0.05) is 17.0 Å². The quantitative estimate of drug-likeness (QED) is 0.328. The van der Waals surface area contributed by atoms with Crippen LogP contribution in [0.2, 0.25) is 10.2 Å². The van der Waals surface area contributed by atoms with Crippen molar-refractivity contribution >= 4 is 57.7 Å². The Morgan fingerprint density at radius 3 is 2.66 bits per heavy atom. The number of carbonyl (C=O) groups is 2. The molecule has 1 atom stereocenters. The summed E-state index contributed by atoms with van der Waals surface area (Å²) < 4.78 is 10.7. The number of carbonyl (C=O) groups excluding carboxylic acids is 2. The highest BCUT2D eigenvalue weighted by molar-refractivity contribution is 7.98. The average molecular weight is 493 g/mol. The van der Waals surface area contributed by atoms with E-state index < -0.39 is 17.9 Å². The molecule has 168 valence electrons. The molecule has 1 aromatic heterocycles. The van der Waals surface area contributed by atoms with Crippen LogP contribution in [0.4, 0.5) is 0 Å². The summed E-state index contributed by atoms with van der Waals surface area (Å²) in [6, 6.07) is 13.1. The van der Waals surface area contributed by atoms with Gasteiger partial charge >= 0.3 is 5.97 Å². The number of thioether (sulfide) groups is 1. The lowest BCUT2D eigenvalue weighted by atomic mass is 10.1. The van der Waals surface area contributed by atoms with Crippen molar-refractivity contribution in [2.45, 2.75) is 19.1 Å². The van der Waals surface area contributed by atoms with E-state index in [-0.39, 0.29) is 11.8 Å². The molecule has 0 spiro atoms. The highest BCUT2D eigenvalue weighted by Crippen LogP contribution is 2.25. The number of nitrogens with one attached hydrogen (secondary N) is 1. The Hall–Kier alpha value is -2.48. The Morgan fingerprint density at radius 2 is 1.94 bits per heavy atom. The van der Waals surface area contributed by atoms with E-state index in [0.29, 0.717) is 39.6 Å². The van der Waals surface area contributed by atoms with E-state index in [1.54, 1.807) is 49.2 Å². The van der Waals surface area contributed by atoms with Gasteiger partial charge in [0.1, 0.15) is 23.6 Å². The lowest BCUT2D eigenvalue weighted by Crippen LogP contribution is -2.42. The first-order chi connectivity index (χ1) is 15.4. The zero-order chi connectivity index (χ0) is 23.1. The van der Waals surface area contributed by atoms with Gasteiger partial charge in [0.15, 0.2) is 0 Å². The second-order valence-corrected chi connectivity index (χ2v) is 8.64. The summed E-state index contributed by atoms with van der Waals surface area (Å²) in [4.78, 5) is 29.8. The van der Waals surface area contributed by atoms with Gasteiger partial charge in [0.05, 0.1) is 23.2 Å². The Morgan fingerprint density at radius 1 is 1.16 bits per heavy atom. The first-order valence-corrected chi connectivity index (χ1v) is 11.9. The lowest BCUT2D eigenvalue weighted by Gasteiger charge is -2.18. The summed E-state index contributed by atoms with van der Waals surface area (Å²) >= 11 is 14.0.